The number of carbonyl (C=O) groups excluding carboxylic acids is 1. The monoisotopic (exact) mass is 537 g/mol. The Morgan fingerprint density at radius 2 is 1.44 bits per heavy atom. The van der Waals surface area contributed by atoms with E-state index in [2.05, 4.69) is 5.32 Å². The van der Waals surface area contributed by atoms with Gasteiger partial charge in [0.25, 0.3) is 5.91 Å². The highest BCUT2D eigenvalue weighted by molar-refractivity contribution is 7.89. The minimum Gasteiger partial charge on any atom is -0.484 e. The van der Waals surface area contributed by atoms with Crippen molar-refractivity contribution in [3.63, 3.8) is 0 Å². The maximum atomic E-state index is 13.0. The van der Waals surface area contributed by atoms with Crippen LogP contribution in [0.3, 0.4) is 0 Å². The number of hydrogen-bond donors (Lipinski definition) is 1. The second-order valence-corrected chi connectivity index (χ2v) is 12.6. The summed E-state index contributed by atoms with van der Waals surface area (Å²) in [6.45, 7) is 3.79. The minimum absolute atomic E-state index is 0.142. The van der Waals surface area contributed by atoms with Crippen molar-refractivity contribution < 1.29 is 31.1 Å². The highest BCUT2D eigenvalue weighted by Crippen LogP contribution is 2.25. The van der Waals surface area contributed by atoms with Gasteiger partial charge >= 0.3 is 0 Å². The van der Waals surface area contributed by atoms with Gasteiger partial charge in [-0.1, -0.05) is 12.5 Å². The molecule has 0 unspecified atom stereocenters. The van der Waals surface area contributed by atoms with E-state index >= 15 is 0 Å². The second-order valence-electron chi connectivity index (χ2n) is 8.77. The molecule has 0 saturated carbocycles. The quantitative estimate of drug-likeness (QED) is 0.548. The van der Waals surface area contributed by atoms with Gasteiger partial charge in [0, 0.05) is 31.9 Å². The lowest BCUT2D eigenvalue weighted by Crippen LogP contribution is -2.40. The van der Waals surface area contributed by atoms with Gasteiger partial charge in [-0.25, -0.2) is 16.8 Å². The SMILES string of the molecule is Cc1ccc(S(=O)(=O)N2CCCCC2)cc1NC(=O)COc1ccc(S(=O)(=O)N2CCOCC2)cc1. The highest BCUT2D eigenvalue weighted by Gasteiger charge is 2.27. The van der Waals surface area contributed by atoms with Crippen LogP contribution >= 0.6 is 0 Å². The summed E-state index contributed by atoms with van der Waals surface area (Å²) in [5, 5.41) is 2.71. The molecule has 2 saturated heterocycles. The van der Waals surface area contributed by atoms with Crippen LogP contribution in [0.5, 0.6) is 5.75 Å². The Labute approximate surface area is 212 Å². The Balaban J connectivity index is 1.37. The third-order valence-corrected chi connectivity index (χ3v) is 10.0. The van der Waals surface area contributed by atoms with E-state index in [0.717, 1.165) is 24.8 Å². The lowest BCUT2D eigenvalue weighted by atomic mass is 10.2. The largest absolute Gasteiger partial charge is 0.484 e. The fourth-order valence-corrected chi connectivity index (χ4v) is 7.08. The van der Waals surface area contributed by atoms with Crippen molar-refractivity contribution in [1.82, 2.24) is 8.61 Å². The van der Waals surface area contributed by atoms with Crippen LogP contribution < -0.4 is 10.1 Å². The first kappa shape index (κ1) is 26.6. The number of carbonyl (C=O) groups is 1. The molecule has 2 aromatic rings. The predicted molar refractivity (Wildman–Crippen MR) is 134 cm³/mol. The van der Waals surface area contributed by atoms with E-state index in [-0.39, 0.29) is 16.4 Å². The van der Waals surface area contributed by atoms with E-state index in [0.29, 0.717) is 50.8 Å². The van der Waals surface area contributed by atoms with Gasteiger partial charge in [0.15, 0.2) is 6.61 Å². The molecule has 4 rings (SSSR count). The molecule has 0 bridgehead atoms. The Kier molecular flexibility index (Phi) is 8.30. The molecule has 2 aliphatic rings. The molecule has 12 heteroatoms. The van der Waals surface area contributed by atoms with Crippen LogP contribution in [0.1, 0.15) is 24.8 Å². The second kappa shape index (κ2) is 11.3. The van der Waals surface area contributed by atoms with Crippen molar-refractivity contribution in [2.45, 2.75) is 36.0 Å². The third kappa shape index (κ3) is 6.06. The van der Waals surface area contributed by atoms with E-state index in [1.807, 2.05) is 0 Å². The molecule has 2 heterocycles. The van der Waals surface area contributed by atoms with Crippen LogP contribution in [0.25, 0.3) is 0 Å². The van der Waals surface area contributed by atoms with Gasteiger partial charge in [0.1, 0.15) is 5.75 Å². The number of amides is 1. The number of piperidine rings is 1. The fourth-order valence-electron chi connectivity index (χ4n) is 4.13. The Morgan fingerprint density at radius 3 is 2.11 bits per heavy atom. The summed E-state index contributed by atoms with van der Waals surface area (Å²) in [5.41, 5.74) is 1.12. The van der Waals surface area contributed by atoms with Crippen molar-refractivity contribution >= 4 is 31.6 Å². The summed E-state index contributed by atoms with van der Waals surface area (Å²) < 4.78 is 65.0. The summed E-state index contributed by atoms with van der Waals surface area (Å²) in [6, 6.07) is 10.6. The summed E-state index contributed by atoms with van der Waals surface area (Å²) in [6.07, 6.45) is 2.70. The van der Waals surface area contributed by atoms with Crippen molar-refractivity contribution in [1.29, 1.82) is 0 Å². The molecule has 2 aromatic carbocycles. The lowest BCUT2D eigenvalue weighted by molar-refractivity contribution is -0.118. The predicted octanol–water partition coefficient (Wildman–Crippen LogP) is 2.21. The van der Waals surface area contributed by atoms with E-state index in [1.54, 1.807) is 19.1 Å². The average molecular weight is 538 g/mol. The van der Waals surface area contributed by atoms with E-state index in [4.69, 9.17) is 9.47 Å². The number of aryl methyl sites for hydroxylation is 1. The number of ether oxygens (including phenoxy) is 2. The summed E-state index contributed by atoms with van der Waals surface area (Å²) in [7, 11) is -7.24. The van der Waals surface area contributed by atoms with Gasteiger partial charge in [-0.15, -0.1) is 0 Å². The Bertz CT molecular complexity index is 1280. The summed E-state index contributed by atoms with van der Waals surface area (Å²) >= 11 is 0. The van der Waals surface area contributed by atoms with Crippen LogP contribution in [-0.4, -0.2) is 77.4 Å². The van der Waals surface area contributed by atoms with Crippen LogP contribution in [0.15, 0.2) is 52.3 Å². The normalized spacial score (nSPS) is 18.0. The molecule has 10 nitrogen and oxygen atoms in total. The molecular weight excluding hydrogens is 506 g/mol. The van der Waals surface area contributed by atoms with E-state index < -0.39 is 26.0 Å². The topological polar surface area (TPSA) is 122 Å². The first-order valence-corrected chi connectivity index (χ1v) is 14.8. The molecule has 2 aliphatic heterocycles. The van der Waals surface area contributed by atoms with Crippen molar-refractivity contribution in [3.05, 3.63) is 48.0 Å². The smallest absolute Gasteiger partial charge is 0.262 e. The third-order valence-electron chi connectivity index (χ3n) is 6.24. The zero-order chi connectivity index (χ0) is 25.8. The number of hydrogen-bond acceptors (Lipinski definition) is 7. The van der Waals surface area contributed by atoms with Crippen LogP contribution in [-0.2, 0) is 29.6 Å². The molecule has 196 valence electrons. The number of morpholine rings is 1. The molecule has 2 fully saturated rings. The highest BCUT2D eigenvalue weighted by atomic mass is 32.2. The Morgan fingerprint density at radius 1 is 0.861 bits per heavy atom. The maximum absolute atomic E-state index is 13.0. The number of benzene rings is 2. The van der Waals surface area contributed by atoms with Gasteiger partial charge < -0.3 is 14.8 Å². The van der Waals surface area contributed by atoms with Crippen LogP contribution in [0, 0.1) is 6.92 Å². The number of nitrogens with one attached hydrogen (secondary N) is 1. The maximum Gasteiger partial charge on any atom is 0.262 e. The van der Waals surface area contributed by atoms with E-state index in [9.17, 15) is 21.6 Å². The number of nitrogens with zero attached hydrogens (tertiary/aromatic N) is 2. The minimum atomic E-state index is -3.63. The van der Waals surface area contributed by atoms with Gasteiger partial charge in [-0.05, 0) is 61.7 Å². The first-order chi connectivity index (χ1) is 17.2. The summed E-state index contributed by atoms with van der Waals surface area (Å²) in [5.74, 6) is -0.125. The van der Waals surface area contributed by atoms with Gasteiger partial charge in [-0.3, -0.25) is 4.79 Å². The zero-order valence-corrected chi connectivity index (χ0v) is 21.8. The van der Waals surface area contributed by atoms with Gasteiger partial charge in [0.2, 0.25) is 20.0 Å². The molecule has 0 atom stereocenters. The number of rotatable bonds is 8. The molecule has 0 aromatic heterocycles. The molecule has 0 spiro atoms. The van der Waals surface area contributed by atoms with Crippen LogP contribution in [0.2, 0.25) is 0 Å². The first-order valence-electron chi connectivity index (χ1n) is 11.9. The summed E-state index contributed by atoms with van der Waals surface area (Å²) in [4.78, 5) is 12.8. The molecule has 0 radical (unpaired) electrons. The molecular formula is C24H31N3O7S2. The average Bonchev–Trinajstić information content (AvgIpc) is 2.90. The van der Waals surface area contributed by atoms with Crippen LogP contribution in [0.4, 0.5) is 5.69 Å². The standard InChI is InChI=1S/C24H31N3O7S2/c1-19-5-8-22(36(31,32)26-11-3-2-4-12-26)17-23(19)25-24(28)18-34-20-6-9-21(10-7-20)35(29,30)27-13-15-33-16-14-27/h5-10,17H,2-4,11-16,18H2,1H3,(H,25,28). The fraction of sp³-hybridized carbons (Fsp3) is 0.458. The lowest BCUT2D eigenvalue weighted by Gasteiger charge is -2.26. The van der Waals surface area contributed by atoms with Crippen molar-refractivity contribution in [2.75, 3.05) is 51.3 Å². The molecule has 1 amide bonds. The van der Waals surface area contributed by atoms with Crippen molar-refractivity contribution in [2.24, 2.45) is 0 Å². The number of sulfonamides is 2. The van der Waals surface area contributed by atoms with Gasteiger partial charge in [0.05, 0.1) is 23.0 Å². The van der Waals surface area contributed by atoms with Gasteiger partial charge in [-0.2, -0.15) is 8.61 Å². The molecule has 36 heavy (non-hydrogen) atoms. The molecule has 1 N–H and O–H groups in total. The van der Waals surface area contributed by atoms with Crippen molar-refractivity contribution in [3.8, 4) is 5.75 Å². The molecule has 0 aliphatic carbocycles. The number of anilines is 1. The zero-order valence-electron chi connectivity index (χ0n) is 20.2. The van der Waals surface area contributed by atoms with E-state index in [1.165, 1.54) is 38.9 Å². The Hall–Kier alpha value is -2.51.